The third-order valence-corrected chi connectivity index (χ3v) is 3.76. The van der Waals surface area contributed by atoms with Gasteiger partial charge in [-0.2, -0.15) is 0 Å². The van der Waals surface area contributed by atoms with Crippen molar-refractivity contribution in [3.63, 3.8) is 0 Å². The molecule has 0 radical (unpaired) electrons. The van der Waals surface area contributed by atoms with Crippen LogP contribution in [-0.4, -0.2) is 57.7 Å². The predicted molar refractivity (Wildman–Crippen MR) is 84.5 cm³/mol. The first kappa shape index (κ1) is 19.1. The maximum absolute atomic E-state index is 12.3. The van der Waals surface area contributed by atoms with Crippen molar-refractivity contribution in [3.8, 4) is 11.5 Å². The van der Waals surface area contributed by atoms with Gasteiger partial charge in [-0.15, -0.1) is 12.4 Å². The zero-order valence-electron chi connectivity index (χ0n) is 12.8. The van der Waals surface area contributed by atoms with E-state index in [1.165, 1.54) is 0 Å². The van der Waals surface area contributed by atoms with E-state index >= 15 is 0 Å². The summed E-state index contributed by atoms with van der Waals surface area (Å²) in [5.41, 5.74) is -0.695. The third-order valence-electron chi connectivity index (χ3n) is 3.76. The number of morpholine rings is 1. The Bertz CT molecular complexity index is 599. The molecule has 1 aliphatic heterocycles. The van der Waals surface area contributed by atoms with E-state index in [4.69, 9.17) is 4.74 Å². The quantitative estimate of drug-likeness (QED) is 0.369. The number of benzene rings is 1. The fraction of sp³-hybridized carbons (Fsp3) is 0.500. The standard InChI is InChI=1S/C14H18N2O6.ClH/c1-8-6-22-7-9(2)15(8)5-13(18)10-3-11(16(20)21)14(19)12(17)4-10;/h3-4,8-9,17,19H,5-7H2,1-2H3;1H. The molecule has 1 heterocycles. The van der Waals surface area contributed by atoms with E-state index in [1.54, 1.807) is 0 Å². The Morgan fingerprint density at radius 2 is 1.91 bits per heavy atom. The lowest BCUT2D eigenvalue weighted by molar-refractivity contribution is -0.386. The molecule has 1 saturated heterocycles. The zero-order valence-corrected chi connectivity index (χ0v) is 13.6. The van der Waals surface area contributed by atoms with Gasteiger partial charge in [-0.05, 0) is 19.9 Å². The normalized spacial score (nSPS) is 21.5. The first-order valence-electron chi connectivity index (χ1n) is 6.88. The van der Waals surface area contributed by atoms with E-state index in [-0.39, 0.29) is 42.4 Å². The molecule has 2 rings (SSSR count). The van der Waals surface area contributed by atoms with E-state index in [2.05, 4.69) is 0 Å². The van der Waals surface area contributed by atoms with Gasteiger partial charge in [-0.25, -0.2) is 0 Å². The number of phenols is 2. The molecule has 0 aliphatic carbocycles. The lowest BCUT2D eigenvalue weighted by Gasteiger charge is -2.38. The molecule has 2 atom stereocenters. The molecule has 0 bridgehead atoms. The second-order valence-electron chi connectivity index (χ2n) is 5.45. The highest BCUT2D eigenvalue weighted by molar-refractivity contribution is 5.99. The van der Waals surface area contributed by atoms with Crippen LogP contribution in [0.15, 0.2) is 12.1 Å². The van der Waals surface area contributed by atoms with Gasteiger partial charge in [0.2, 0.25) is 5.75 Å². The summed E-state index contributed by atoms with van der Waals surface area (Å²) in [6.45, 7) is 4.95. The molecule has 1 aromatic rings. The number of halogens is 1. The number of aromatic hydroxyl groups is 2. The smallest absolute Gasteiger partial charge is 0.315 e. The minimum atomic E-state index is -0.841. The number of hydrogen-bond donors (Lipinski definition) is 2. The van der Waals surface area contributed by atoms with E-state index in [9.17, 15) is 25.1 Å². The average Bonchev–Trinajstić information content (AvgIpc) is 2.45. The van der Waals surface area contributed by atoms with Gasteiger partial charge in [0.25, 0.3) is 0 Å². The third kappa shape index (κ3) is 4.10. The fourth-order valence-electron chi connectivity index (χ4n) is 2.51. The summed E-state index contributed by atoms with van der Waals surface area (Å²) < 4.78 is 5.38. The number of carbonyl (C=O) groups excluding carboxylic acids is 1. The number of nitro groups is 1. The molecule has 2 N–H and O–H groups in total. The van der Waals surface area contributed by atoms with Gasteiger partial charge in [-0.3, -0.25) is 19.8 Å². The highest BCUT2D eigenvalue weighted by atomic mass is 35.5. The van der Waals surface area contributed by atoms with Crippen molar-refractivity contribution in [2.24, 2.45) is 0 Å². The van der Waals surface area contributed by atoms with Gasteiger partial charge in [0.1, 0.15) is 0 Å². The Hall–Kier alpha value is -1.90. The van der Waals surface area contributed by atoms with Crippen LogP contribution in [0.3, 0.4) is 0 Å². The second-order valence-corrected chi connectivity index (χ2v) is 5.45. The van der Waals surface area contributed by atoms with E-state index < -0.39 is 22.1 Å². The second kappa shape index (κ2) is 7.58. The van der Waals surface area contributed by atoms with E-state index in [1.807, 2.05) is 18.7 Å². The Morgan fingerprint density at radius 1 is 1.35 bits per heavy atom. The van der Waals surface area contributed by atoms with Crippen LogP contribution in [0.1, 0.15) is 24.2 Å². The predicted octanol–water partition coefficient (Wildman–Crippen LogP) is 1.72. The molecule has 0 saturated carbocycles. The van der Waals surface area contributed by atoms with Gasteiger partial charge >= 0.3 is 5.69 Å². The minimum absolute atomic E-state index is 0. The number of carbonyl (C=O) groups is 1. The lowest BCUT2D eigenvalue weighted by atomic mass is 10.1. The van der Waals surface area contributed by atoms with Gasteiger partial charge in [0.15, 0.2) is 11.5 Å². The van der Waals surface area contributed by atoms with Gasteiger partial charge in [0, 0.05) is 23.7 Å². The summed E-state index contributed by atoms with van der Waals surface area (Å²) in [6.07, 6.45) is 0. The monoisotopic (exact) mass is 346 g/mol. The van der Waals surface area contributed by atoms with Crippen LogP contribution in [-0.2, 0) is 4.74 Å². The molecule has 8 nitrogen and oxygen atoms in total. The summed E-state index contributed by atoms with van der Waals surface area (Å²) in [6, 6.07) is 2.12. The highest BCUT2D eigenvalue weighted by Crippen LogP contribution is 2.36. The number of nitrogens with zero attached hydrogens (tertiary/aromatic N) is 2. The van der Waals surface area contributed by atoms with Gasteiger partial charge < -0.3 is 14.9 Å². The van der Waals surface area contributed by atoms with Crippen LogP contribution < -0.4 is 0 Å². The largest absolute Gasteiger partial charge is 0.504 e. The topological polar surface area (TPSA) is 113 Å². The molecule has 1 fully saturated rings. The number of rotatable bonds is 4. The Kier molecular flexibility index (Phi) is 6.31. The first-order chi connectivity index (χ1) is 10.3. The van der Waals surface area contributed by atoms with Crippen molar-refractivity contribution in [2.45, 2.75) is 25.9 Å². The molecule has 23 heavy (non-hydrogen) atoms. The number of Topliss-reactive ketones (excluding diaryl/α,β-unsaturated/α-hetero) is 1. The molecule has 1 aromatic carbocycles. The maximum Gasteiger partial charge on any atom is 0.315 e. The molecular formula is C14H19ClN2O6. The van der Waals surface area contributed by atoms with E-state index in [0.717, 1.165) is 12.1 Å². The molecule has 128 valence electrons. The number of ketones is 1. The Labute approximate surface area is 139 Å². The molecule has 1 aliphatic rings. The van der Waals surface area contributed by atoms with E-state index in [0.29, 0.717) is 13.2 Å². The van der Waals surface area contributed by atoms with Gasteiger partial charge in [0.05, 0.1) is 24.7 Å². The summed E-state index contributed by atoms with van der Waals surface area (Å²) in [5, 5.41) is 29.8. The lowest BCUT2D eigenvalue weighted by Crippen LogP contribution is -2.51. The number of phenolic OH excluding ortho intramolecular Hbond substituents is 2. The molecule has 0 aromatic heterocycles. The van der Waals surface area contributed by atoms with Crippen LogP contribution in [0.25, 0.3) is 0 Å². The van der Waals surface area contributed by atoms with Crippen LogP contribution in [0, 0.1) is 10.1 Å². The SMILES string of the molecule is CC1COCC(C)N1CC(=O)c1cc(O)c(O)c([N+](=O)[O-])c1.Cl. The minimum Gasteiger partial charge on any atom is -0.504 e. The summed E-state index contributed by atoms with van der Waals surface area (Å²) >= 11 is 0. The van der Waals surface area contributed by atoms with Crippen LogP contribution in [0.5, 0.6) is 11.5 Å². The zero-order chi connectivity index (χ0) is 16.4. The average molecular weight is 347 g/mol. The molecule has 9 heteroatoms. The molecule has 0 spiro atoms. The van der Waals surface area contributed by atoms with Crippen molar-refractivity contribution in [1.29, 1.82) is 0 Å². The van der Waals surface area contributed by atoms with Crippen molar-refractivity contribution in [1.82, 2.24) is 4.90 Å². The number of nitro benzene ring substituents is 1. The van der Waals surface area contributed by atoms with Crippen molar-refractivity contribution in [2.75, 3.05) is 19.8 Å². The Balaban J connectivity index is 0.00000264. The summed E-state index contributed by atoms with van der Waals surface area (Å²) in [7, 11) is 0. The summed E-state index contributed by atoms with van der Waals surface area (Å²) in [5.74, 6) is -1.88. The van der Waals surface area contributed by atoms with Crippen LogP contribution >= 0.6 is 12.4 Å². The molecule has 0 amide bonds. The summed E-state index contributed by atoms with van der Waals surface area (Å²) in [4.78, 5) is 24.3. The van der Waals surface area contributed by atoms with Crippen molar-refractivity contribution >= 4 is 23.9 Å². The van der Waals surface area contributed by atoms with Crippen molar-refractivity contribution in [3.05, 3.63) is 27.8 Å². The number of ether oxygens (including phenoxy) is 1. The maximum atomic E-state index is 12.3. The van der Waals surface area contributed by atoms with Crippen molar-refractivity contribution < 1.29 is 24.7 Å². The fourth-order valence-corrected chi connectivity index (χ4v) is 2.51. The number of hydrogen-bond acceptors (Lipinski definition) is 7. The Morgan fingerprint density at radius 3 is 2.43 bits per heavy atom. The molecule has 2 unspecified atom stereocenters. The van der Waals surface area contributed by atoms with Crippen LogP contribution in [0.4, 0.5) is 5.69 Å². The van der Waals surface area contributed by atoms with Crippen LogP contribution in [0.2, 0.25) is 0 Å². The molecular weight excluding hydrogens is 328 g/mol. The first-order valence-corrected chi connectivity index (χ1v) is 6.88. The van der Waals surface area contributed by atoms with Gasteiger partial charge in [-0.1, -0.05) is 0 Å². The highest BCUT2D eigenvalue weighted by Gasteiger charge is 2.29.